The molecule has 0 amide bonds. The third kappa shape index (κ3) is 3.95. The van der Waals surface area contributed by atoms with Gasteiger partial charge in [0.25, 0.3) is 0 Å². The van der Waals surface area contributed by atoms with Crippen LogP contribution in [-0.4, -0.2) is 30.9 Å². The molecule has 0 aliphatic heterocycles. The largest absolute Gasteiger partial charge is 0.496 e. The number of para-hydroxylation sites is 1. The van der Waals surface area contributed by atoms with Crippen LogP contribution in [0.15, 0.2) is 48.5 Å². The summed E-state index contributed by atoms with van der Waals surface area (Å²) in [4.78, 5) is 0. The van der Waals surface area contributed by atoms with Crippen molar-refractivity contribution in [3.05, 3.63) is 48.5 Å². The van der Waals surface area contributed by atoms with E-state index in [4.69, 9.17) is 9.39 Å². The summed E-state index contributed by atoms with van der Waals surface area (Å²) >= 11 is 0. The summed E-state index contributed by atoms with van der Waals surface area (Å²) in [6.45, 7) is 7.23. The SMILES string of the molecule is COc1ccccc1-c1ccccc1[B]OC(C)(C)C(C)(C)O. The van der Waals surface area contributed by atoms with E-state index in [1.165, 1.54) is 0 Å². The van der Waals surface area contributed by atoms with Crippen LogP contribution in [0.3, 0.4) is 0 Å². The number of aliphatic hydroxyl groups is 1. The van der Waals surface area contributed by atoms with Gasteiger partial charge in [-0.1, -0.05) is 42.5 Å². The number of benzene rings is 2. The quantitative estimate of drug-likeness (QED) is 0.833. The first-order chi connectivity index (χ1) is 10.8. The predicted molar refractivity (Wildman–Crippen MR) is 95.3 cm³/mol. The smallest absolute Gasteiger partial charge is 0.331 e. The van der Waals surface area contributed by atoms with Crippen molar-refractivity contribution in [1.82, 2.24) is 0 Å². The molecule has 3 nitrogen and oxygen atoms in total. The molecule has 0 aromatic heterocycles. The Kier molecular flexibility index (Phi) is 5.17. The molecular weight excluding hydrogens is 287 g/mol. The van der Waals surface area contributed by atoms with Crippen LogP contribution in [-0.2, 0) is 4.65 Å². The van der Waals surface area contributed by atoms with E-state index >= 15 is 0 Å². The zero-order valence-electron chi connectivity index (χ0n) is 14.5. The standard InChI is InChI=1S/C19H24BO3/c1-18(2,21)19(3,4)23-20-16-12-8-6-10-14(16)15-11-7-9-13-17(15)22-5/h6-13,21H,1-5H3. The summed E-state index contributed by atoms with van der Waals surface area (Å²) in [6, 6.07) is 15.9. The molecule has 0 bridgehead atoms. The molecule has 0 unspecified atom stereocenters. The van der Waals surface area contributed by atoms with E-state index in [0.29, 0.717) is 0 Å². The van der Waals surface area contributed by atoms with Crippen molar-refractivity contribution in [1.29, 1.82) is 0 Å². The Morgan fingerprint density at radius 1 is 0.870 bits per heavy atom. The number of hydrogen-bond acceptors (Lipinski definition) is 3. The lowest BCUT2D eigenvalue weighted by Crippen LogP contribution is -2.49. The highest BCUT2D eigenvalue weighted by atomic mass is 16.5. The zero-order chi connectivity index (χ0) is 17.1. The Morgan fingerprint density at radius 2 is 1.43 bits per heavy atom. The van der Waals surface area contributed by atoms with Crippen LogP contribution in [0.4, 0.5) is 0 Å². The van der Waals surface area contributed by atoms with Crippen LogP contribution in [0.5, 0.6) is 5.75 Å². The summed E-state index contributed by atoms with van der Waals surface area (Å²) in [6.07, 6.45) is 0. The van der Waals surface area contributed by atoms with Crippen LogP contribution in [0.2, 0.25) is 0 Å². The predicted octanol–water partition coefficient (Wildman–Crippen LogP) is 3.17. The normalized spacial score (nSPS) is 12.1. The summed E-state index contributed by atoms with van der Waals surface area (Å²) in [5.41, 5.74) is 1.31. The van der Waals surface area contributed by atoms with Gasteiger partial charge in [-0.25, -0.2) is 0 Å². The van der Waals surface area contributed by atoms with Gasteiger partial charge in [0.05, 0.1) is 18.3 Å². The van der Waals surface area contributed by atoms with Crippen LogP contribution in [0.25, 0.3) is 11.1 Å². The Labute approximate surface area is 139 Å². The van der Waals surface area contributed by atoms with Crippen molar-refractivity contribution in [2.45, 2.75) is 38.9 Å². The lowest BCUT2D eigenvalue weighted by molar-refractivity contribution is -0.0893. The van der Waals surface area contributed by atoms with Gasteiger partial charge in [-0.15, -0.1) is 0 Å². The summed E-state index contributed by atoms with van der Waals surface area (Å²) in [5.74, 6) is 0.815. The first-order valence-corrected chi connectivity index (χ1v) is 7.72. The maximum Gasteiger partial charge on any atom is 0.331 e. The van der Waals surface area contributed by atoms with Crippen molar-refractivity contribution in [2.75, 3.05) is 7.11 Å². The molecule has 0 fully saturated rings. The van der Waals surface area contributed by atoms with Crippen LogP contribution >= 0.6 is 0 Å². The molecule has 4 heteroatoms. The minimum Gasteiger partial charge on any atom is -0.496 e. The van der Waals surface area contributed by atoms with Gasteiger partial charge in [-0.3, -0.25) is 0 Å². The Balaban J connectivity index is 2.32. The highest BCUT2D eigenvalue weighted by Gasteiger charge is 2.35. The second kappa shape index (κ2) is 6.77. The molecule has 1 radical (unpaired) electrons. The molecule has 0 spiro atoms. The van der Waals surface area contributed by atoms with Crippen molar-refractivity contribution in [3.63, 3.8) is 0 Å². The van der Waals surface area contributed by atoms with E-state index in [1.54, 1.807) is 28.4 Å². The minimum atomic E-state index is -0.955. The van der Waals surface area contributed by atoms with Gasteiger partial charge >= 0.3 is 7.48 Å². The van der Waals surface area contributed by atoms with Crippen molar-refractivity contribution < 1.29 is 14.5 Å². The van der Waals surface area contributed by atoms with Crippen molar-refractivity contribution in [2.24, 2.45) is 0 Å². The van der Waals surface area contributed by atoms with E-state index in [2.05, 4.69) is 0 Å². The molecule has 0 heterocycles. The first-order valence-electron chi connectivity index (χ1n) is 7.72. The topological polar surface area (TPSA) is 38.7 Å². The Hall–Kier alpha value is -1.78. The summed E-state index contributed by atoms with van der Waals surface area (Å²) in [7, 11) is 3.37. The highest BCUT2D eigenvalue weighted by molar-refractivity contribution is 6.49. The molecular formula is C19H24BO3. The molecule has 2 aromatic carbocycles. The first kappa shape index (κ1) is 17.6. The molecule has 0 saturated carbocycles. The molecule has 2 aromatic rings. The van der Waals surface area contributed by atoms with E-state index in [9.17, 15) is 5.11 Å². The average molecular weight is 311 g/mol. The zero-order valence-corrected chi connectivity index (χ0v) is 14.5. The van der Waals surface area contributed by atoms with Gasteiger partial charge in [0, 0.05) is 5.56 Å². The second-order valence-corrected chi connectivity index (χ2v) is 6.59. The molecule has 0 aliphatic carbocycles. The van der Waals surface area contributed by atoms with E-state index in [-0.39, 0.29) is 0 Å². The third-order valence-corrected chi connectivity index (χ3v) is 4.31. The van der Waals surface area contributed by atoms with Gasteiger partial charge < -0.3 is 14.5 Å². The van der Waals surface area contributed by atoms with Gasteiger partial charge in [-0.05, 0) is 44.8 Å². The fraction of sp³-hybridized carbons (Fsp3) is 0.368. The lowest BCUT2D eigenvalue weighted by Gasteiger charge is -2.37. The van der Waals surface area contributed by atoms with Gasteiger partial charge in [0.1, 0.15) is 5.75 Å². The Bertz CT molecular complexity index is 660. The van der Waals surface area contributed by atoms with E-state index in [1.807, 2.05) is 62.4 Å². The third-order valence-electron chi connectivity index (χ3n) is 4.31. The average Bonchev–Trinajstić information content (AvgIpc) is 2.52. The number of ether oxygens (including phenoxy) is 1. The fourth-order valence-corrected chi connectivity index (χ4v) is 2.07. The van der Waals surface area contributed by atoms with Crippen LogP contribution in [0.1, 0.15) is 27.7 Å². The van der Waals surface area contributed by atoms with Crippen LogP contribution in [0, 0.1) is 0 Å². The highest BCUT2D eigenvalue weighted by Crippen LogP contribution is 2.29. The Morgan fingerprint density at radius 3 is 2.04 bits per heavy atom. The molecule has 121 valence electrons. The van der Waals surface area contributed by atoms with E-state index < -0.39 is 11.2 Å². The molecule has 23 heavy (non-hydrogen) atoms. The second-order valence-electron chi connectivity index (χ2n) is 6.59. The fourth-order valence-electron chi connectivity index (χ4n) is 2.07. The van der Waals surface area contributed by atoms with Crippen molar-refractivity contribution in [3.8, 4) is 16.9 Å². The molecule has 2 rings (SSSR count). The number of hydrogen-bond donors (Lipinski definition) is 1. The molecule has 1 N–H and O–H groups in total. The lowest BCUT2D eigenvalue weighted by atomic mass is 9.78. The maximum absolute atomic E-state index is 10.2. The minimum absolute atomic E-state index is 0.707. The van der Waals surface area contributed by atoms with Gasteiger partial charge in [0.15, 0.2) is 0 Å². The molecule has 0 saturated heterocycles. The van der Waals surface area contributed by atoms with Gasteiger partial charge in [-0.2, -0.15) is 0 Å². The monoisotopic (exact) mass is 311 g/mol. The molecule has 0 atom stereocenters. The number of methoxy groups -OCH3 is 1. The maximum atomic E-state index is 10.2. The van der Waals surface area contributed by atoms with Crippen LogP contribution < -0.4 is 10.2 Å². The number of rotatable bonds is 6. The summed E-state index contributed by atoms with van der Waals surface area (Å²) < 4.78 is 11.4. The van der Waals surface area contributed by atoms with E-state index in [0.717, 1.165) is 22.3 Å². The summed E-state index contributed by atoms with van der Waals surface area (Å²) in [5, 5.41) is 10.2. The molecule has 0 aliphatic rings. The van der Waals surface area contributed by atoms with Crippen molar-refractivity contribution >= 4 is 12.9 Å². The van der Waals surface area contributed by atoms with Gasteiger partial charge in [0.2, 0.25) is 0 Å².